The first-order valence-corrected chi connectivity index (χ1v) is 5.66. The number of alkyl carbamates (subject to hydrolysis) is 1. The maximum Gasteiger partial charge on any atom is 0.406 e. The van der Waals surface area contributed by atoms with Crippen LogP contribution in [0.4, 0.5) is 4.79 Å². The monoisotopic (exact) mass is 271 g/mol. The smallest absolute Gasteiger partial charge is 0.406 e. The van der Waals surface area contributed by atoms with Crippen molar-refractivity contribution in [3.05, 3.63) is 35.9 Å². The summed E-state index contributed by atoms with van der Waals surface area (Å²) in [6.45, 7) is 0.595. The van der Waals surface area contributed by atoms with E-state index in [0.29, 0.717) is 6.54 Å². The fraction of sp³-hybridized carbons (Fsp3) is 0.364. The number of amides is 1. The van der Waals surface area contributed by atoms with Gasteiger partial charge in [-0.1, -0.05) is 46.3 Å². The second-order valence-electron chi connectivity index (χ2n) is 3.09. The average Bonchev–Trinajstić information content (AvgIpc) is 2.29. The third kappa shape index (κ3) is 4.34. The van der Waals surface area contributed by atoms with E-state index < -0.39 is 0 Å². The molecule has 1 rings (SSSR count). The highest BCUT2D eigenvalue weighted by molar-refractivity contribution is 9.09. The molecule has 0 fully saturated rings. The number of carbonyl (C=O) groups excluding carboxylic acids is 1. The summed E-state index contributed by atoms with van der Waals surface area (Å²) in [5, 5.41) is 2.64. The highest BCUT2D eigenvalue weighted by Crippen LogP contribution is 2.25. The fourth-order valence-electron chi connectivity index (χ4n) is 1.20. The van der Waals surface area contributed by atoms with E-state index in [-0.39, 0.29) is 10.9 Å². The van der Waals surface area contributed by atoms with Gasteiger partial charge in [0.05, 0.1) is 7.11 Å². The molecule has 4 heteroatoms. The van der Waals surface area contributed by atoms with E-state index in [1.807, 2.05) is 18.2 Å². The van der Waals surface area contributed by atoms with Crippen molar-refractivity contribution in [1.29, 1.82) is 0 Å². The van der Waals surface area contributed by atoms with Gasteiger partial charge in [-0.2, -0.15) is 0 Å². The summed E-state index contributed by atoms with van der Waals surface area (Å²) in [4.78, 5) is 11.0. The zero-order chi connectivity index (χ0) is 11.1. The van der Waals surface area contributed by atoms with Gasteiger partial charge in [0, 0.05) is 11.4 Å². The number of nitrogens with one attached hydrogen (secondary N) is 1. The van der Waals surface area contributed by atoms with Crippen molar-refractivity contribution in [1.82, 2.24) is 5.32 Å². The summed E-state index contributed by atoms with van der Waals surface area (Å²) in [5.74, 6) is 0. The third-order valence-corrected chi connectivity index (χ3v) is 3.00. The van der Waals surface area contributed by atoms with Gasteiger partial charge in [-0.25, -0.2) is 4.79 Å². The molecule has 0 aromatic heterocycles. The molecule has 0 bridgehead atoms. The third-order valence-electron chi connectivity index (χ3n) is 2.01. The molecule has 0 aliphatic rings. The standard InChI is InChI=1S/C11H14BrNO2/c1-15-11(14)13-8-7-10(12)9-5-3-2-4-6-9/h2-6,10H,7-8H2,1H3,(H,13,14). The van der Waals surface area contributed by atoms with E-state index in [1.54, 1.807) is 0 Å². The maximum atomic E-state index is 10.8. The Labute approximate surface area is 97.9 Å². The Balaban J connectivity index is 2.31. The van der Waals surface area contributed by atoms with E-state index >= 15 is 0 Å². The van der Waals surface area contributed by atoms with Crippen LogP contribution in [-0.4, -0.2) is 19.7 Å². The van der Waals surface area contributed by atoms with Gasteiger partial charge >= 0.3 is 6.09 Å². The van der Waals surface area contributed by atoms with Gasteiger partial charge in [-0.05, 0) is 12.0 Å². The first-order chi connectivity index (χ1) is 7.24. The first kappa shape index (κ1) is 12.0. The summed E-state index contributed by atoms with van der Waals surface area (Å²) in [6.07, 6.45) is 0.446. The van der Waals surface area contributed by atoms with Gasteiger partial charge in [0.2, 0.25) is 0 Å². The summed E-state index contributed by atoms with van der Waals surface area (Å²) < 4.78 is 4.47. The minimum absolute atomic E-state index is 0.260. The van der Waals surface area contributed by atoms with Crippen LogP contribution in [0.2, 0.25) is 0 Å². The number of benzene rings is 1. The summed E-state index contributed by atoms with van der Waals surface area (Å²) in [6, 6.07) is 10.1. The molecule has 0 heterocycles. The molecular formula is C11H14BrNO2. The molecule has 1 unspecified atom stereocenters. The Hall–Kier alpha value is -1.03. The predicted molar refractivity (Wildman–Crippen MR) is 63.1 cm³/mol. The number of rotatable bonds is 4. The van der Waals surface area contributed by atoms with Crippen LogP contribution in [0.1, 0.15) is 16.8 Å². The topological polar surface area (TPSA) is 38.3 Å². The molecule has 1 N–H and O–H groups in total. The SMILES string of the molecule is COC(=O)NCCC(Br)c1ccccc1. The lowest BCUT2D eigenvalue weighted by Crippen LogP contribution is -2.24. The lowest BCUT2D eigenvalue weighted by molar-refractivity contribution is 0.171. The summed E-state index contributed by atoms with van der Waals surface area (Å²) in [7, 11) is 1.36. The van der Waals surface area contributed by atoms with E-state index in [9.17, 15) is 4.79 Å². The van der Waals surface area contributed by atoms with Crippen LogP contribution in [0.3, 0.4) is 0 Å². The second-order valence-corrected chi connectivity index (χ2v) is 4.19. The lowest BCUT2D eigenvalue weighted by atomic mass is 10.1. The Morgan fingerprint density at radius 1 is 1.47 bits per heavy atom. The molecule has 0 aliphatic heterocycles. The van der Waals surface area contributed by atoms with Crippen LogP contribution in [0, 0.1) is 0 Å². The largest absolute Gasteiger partial charge is 0.453 e. The average molecular weight is 272 g/mol. The highest BCUT2D eigenvalue weighted by Gasteiger charge is 2.07. The molecule has 15 heavy (non-hydrogen) atoms. The quantitative estimate of drug-likeness (QED) is 0.856. The van der Waals surface area contributed by atoms with Gasteiger partial charge in [0.25, 0.3) is 0 Å². The van der Waals surface area contributed by atoms with Crippen LogP contribution >= 0.6 is 15.9 Å². The molecule has 3 nitrogen and oxygen atoms in total. The van der Waals surface area contributed by atoms with Crippen LogP contribution in [0.25, 0.3) is 0 Å². The number of alkyl halides is 1. The number of hydrogen-bond acceptors (Lipinski definition) is 2. The van der Waals surface area contributed by atoms with E-state index in [4.69, 9.17) is 0 Å². The molecule has 0 aliphatic carbocycles. The molecule has 1 atom stereocenters. The minimum Gasteiger partial charge on any atom is -0.453 e. The molecule has 82 valence electrons. The number of methoxy groups -OCH3 is 1. The highest BCUT2D eigenvalue weighted by atomic mass is 79.9. The Morgan fingerprint density at radius 2 is 2.13 bits per heavy atom. The normalized spacial score (nSPS) is 11.9. The molecule has 0 saturated heterocycles. The number of ether oxygens (including phenoxy) is 1. The zero-order valence-corrected chi connectivity index (χ0v) is 10.2. The first-order valence-electron chi connectivity index (χ1n) is 4.75. The van der Waals surface area contributed by atoms with Crippen LogP contribution in [0.5, 0.6) is 0 Å². The molecule has 0 saturated carbocycles. The minimum atomic E-state index is -0.386. The Bertz CT molecular complexity index is 303. The van der Waals surface area contributed by atoms with Gasteiger partial charge in [0.15, 0.2) is 0 Å². The van der Waals surface area contributed by atoms with Gasteiger partial charge in [-0.3, -0.25) is 0 Å². The molecule has 0 spiro atoms. The maximum absolute atomic E-state index is 10.8. The van der Waals surface area contributed by atoms with Crippen LogP contribution in [-0.2, 0) is 4.74 Å². The molecule has 0 radical (unpaired) electrons. The van der Waals surface area contributed by atoms with Crippen molar-refractivity contribution in [2.75, 3.05) is 13.7 Å². The van der Waals surface area contributed by atoms with Crippen LogP contribution in [0.15, 0.2) is 30.3 Å². The Kier molecular flexibility index (Phi) is 5.18. The fourth-order valence-corrected chi connectivity index (χ4v) is 1.74. The molecule has 1 aromatic carbocycles. The number of carbonyl (C=O) groups is 1. The van der Waals surface area contributed by atoms with Gasteiger partial charge < -0.3 is 10.1 Å². The van der Waals surface area contributed by atoms with E-state index in [2.05, 4.69) is 38.1 Å². The Morgan fingerprint density at radius 3 is 2.73 bits per heavy atom. The van der Waals surface area contributed by atoms with Gasteiger partial charge in [0.1, 0.15) is 0 Å². The molecular weight excluding hydrogens is 258 g/mol. The van der Waals surface area contributed by atoms with Crippen molar-refractivity contribution >= 4 is 22.0 Å². The second kappa shape index (κ2) is 6.45. The number of halogens is 1. The van der Waals surface area contributed by atoms with Crippen molar-refractivity contribution in [2.24, 2.45) is 0 Å². The lowest BCUT2D eigenvalue weighted by Gasteiger charge is -2.10. The summed E-state index contributed by atoms with van der Waals surface area (Å²) in [5.41, 5.74) is 1.21. The van der Waals surface area contributed by atoms with Gasteiger partial charge in [-0.15, -0.1) is 0 Å². The van der Waals surface area contributed by atoms with Crippen molar-refractivity contribution in [3.8, 4) is 0 Å². The van der Waals surface area contributed by atoms with Crippen molar-refractivity contribution in [2.45, 2.75) is 11.2 Å². The number of hydrogen-bond donors (Lipinski definition) is 1. The van der Waals surface area contributed by atoms with Crippen LogP contribution < -0.4 is 5.32 Å². The van der Waals surface area contributed by atoms with E-state index in [1.165, 1.54) is 12.7 Å². The molecule has 1 amide bonds. The van der Waals surface area contributed by atoms with E-state index in [0.717, 1.165) is 6.42 Å². The van der Waals surface area contributed by atoms with Crippen molar-refractivity contribution in [3.63, 3.8) is 0 Å². The predicted octanol–water partition coefficient (Wildman–Crippen LogP) is 2.87. The zero-order valence-electron chi connectivity index (χ0n) is 8.57. The van der Waals surface area contributed by atoms with Crippen molar-refractivity contribution < 1.29 is 9.53 Å². The summed E-state index contributed by atoms with van der Waals surface area (Å²) >= 11 is 3.57. The molecule has 1 aromatic rings.